The van der Waals surface area contributed by atoms with Crippen molar-refractivity contribution < 1.29 is 4.79 Å². The molecule has 1 N–H and O–H groups in total. The molecule has 2 aliphatic heterocycles. The highest BCUT2D eigenvalue weighted by atomic mass is 16.2. The third kappa shape index (κ3) is 3.63. The van der Waals surface area contributed by atoms with Gasteiger partial charge in [0.25, 0.3) is 0 Å². The maximum atomic E-state index is 13.1. The summed E-state index contributed by atoms with van der Waals surface area (Å²) >= 11 is 0. The smallest absolute Gasteiger partial charge is 0.246 e. The maximum Gasteiger partial charge on any atom is 0.246 e. The molecule has 140 valence electrons. The number of piperidine rings is 1. The number of nitrogens with zero attached hydrogens (tertiary/aromatic N) is 5. The van der Waals surface area contributed by atoms with Crippen molar-refractivity contribution in [2.24, 2.45) is 11.0 Å². The average Bonchev–Trinajstić information content (AvgIpc) is 3.24. The van der Waals surface area contributed by atoms with E-state index in [2.05, 4.69) is 37.4 Å². The first-order valence-electron chi connectivity index (χ1n) is 9.42. The topological polar surface area (TPSA) is 73.7 Å². The Bertz CT molecular complexity index is 816. The Balaban J connectivity index is 1.40. The molecule has 4 rings (SSSR count). The monoisotopic (exact) mass is 364 g/mol. The number of benzene rings is 1. The van der Waals surface area contributed by atoms with Crippen LogP contribution in [-0.2, 0) is 4.79 Å². The summed E-state index contributed by atoms with van der Waals surface area (Å²) in [4.78, 5) is 24.0. The van der Waals surface area contributed by atoms with Gasteiger partial charge in [0.05, 0.1) is 6.04 Å². The number of carbonyl (C=O) groups excluding carboxylic acids is 1. The summed E-state index contributed by atoms with van der Waals surface area (Å²) in [6.07, 6.45) is 6.01. The molecule has 2 aliphatic rings. The zero-order valence-electron chi connectivity index (χ0n) is 15.5. The van der Waals surface area contributed by atoms with Crippen LogP contribution in [0.1, 0.15) is 30.9 Å². The van der Waals surface area contributed by atoms with Gasteiger partial charge in [0.1, 0.15) is 5.82 Å². The second kappa shape index (κ2) is 7.73. The molecular weight excluding hydrogens is 340 g/mol. The molecule has 27 heavy (non-hydrogen) atoms. The van der Waals surface area contributed by atoms with E-state index in [1.165, 1.54) is 0 Å². The molecule has 0 unspecified atom stereocenters. The van der Waals surface area contributed by atoms with Crippen LogP contribution < -0.4 is 10.2 Å². The molecule has 1 amide bonds. The Kier molecular flexibility index (Phi) is 5.00. The highest BCUT2D eigenvalue weighted by molar-refractivity contribution is 5.82. The predicted molar refractivity (Wildman–Crippen MR) is 106 cm³/mol. The van der Waals surface area contributed by atoms with E-state index in [0.717, 1.165) is 43.7 Å². The lowest BCUT2D eigenvalue weighted by Gasteiger charge is -2.34. The fourth-order valence-electron chi connectivity index (χ4n) is 3.77. The third-order valence-electron chi connectivity index (χ3n) is 5.27. The van der Waals surface area contributed by atoms with Gasteiger partial charge in [-0.2, -0.15) is 10.1 Å². The number of carbonyl (C=O) groups is 1. The van der Waals surface area contributed by atoms with Crippen LogP contribution >= 0.6 is 0 Å². The largest absolute Gasteiger partial charge is 0.357 e. The SMILES string of the molecule is CNc1nccc(N2CCC(C(=O)N3N=CC[C@H]3c3ccccc3)CC2)n1. The van der Waals surface area contributed by atoms with Crippen molar-refractivity contribution in [3.05, 3.63) is 48.2 Å². The number of hydrogen-bond acceptors (Lipinski definition) is 6. The van der Waals surface area contributed by atoms with Crippen LogP contribution in [0.15, 0.2) is 47.7 Å². The van der Waals surface area contributed by atoms with Crippen LogP contribution in [0.4, 0.5) is 11.8 Å². The van der Waals surface area contributed by atoms with Gasteiger partial charge in [-0.1, -0.05) is 30.3 Å². The number of aromatic nitrogens is 2. The second-order valence-corrected chi connectivity index (χ2v) is 6.89. The van der Waals surface area contributed by atoms with Crippen molar-refractivity contribution >= 4 is 23.9 Å². The highest BCUT2D eigenvalue weighted by Crippen LogP contribution is 2.32. The third-order valence-corrected chi connectivity index (χ3v) is 5.27. The molecule has 0 spiro atoms. The molecule has 0 saturated carbocycles. The van der Waals surface area contributed by atoms with Gasteiger partial charge < -0.3 is 10.2 Å². The quantitative estimate of drug-likeness (QED) is 0.903. The number of anilines is 2. The molecule has 2 aromatic rings. The lowest BCUT2D eigenvalue weighted by Crippen LogP contribution is -2.41. The first kappa shape index (κ1) is 17.5. The zero-order valence-corrected chi connectivity index (χ0v) is 15.5. The number of amides is 1. The van der Waals surface area contributed by atoms with E-state index in [-0.39, 0.29) is 17.9 Å². The summed E-state index contributed by atoms with van der Waals surface area (Å²) in [5, 5.41) is 9.04. The Labute approximate surface area is 159 Å². The predicted octanol–water partition coefficient (Wildman–Crippen LogP) is 2.69. The molecule has 0 radical (unpaired) electrons. The molecular formula is C20H24N6O. The normalized spacial score (nSPS) is 20.1. The van der Waals surface area contributed by atoms with E-state index in [1.807, 2.05) is 37.5 Å². The zero-order chi connectivity index (χ0) is 18.6. The van der Waals surface area contributed by atoms with Crippen LogP contribution in [0.5, 0.6) is 0 Å². The summed E-state index contributed by atoms with van der Waals surface area (Å²) in [6.45, 7) is 1.62. The maximum absolute atomic E-state index is 13.1. The molecule has 0 bridgehead atoms. The molecule has 1 aromatic carbocycles. The Morgan fingerprint density at radius 1 is 1.15 bits per heavy atom. The average molecular weight is 364 g/mol. The number of hydrazone groups is 1. The first-order valence-corrected chi connectivity index (χ1v) is 9.42. The van der Waals surface area contributed by atoms with E-state index in [0.29, 0.717) is 5.95 Å². The van der Waals surface area contributed by atoms with Crippen molar-refractivity contribution in [1.82, 2.24) is 15.0 Å². The summed E-state index contributed by atoms with van der Waals surface area (Å²) < 4.78 is 0. The summed E-state index contributed by atoms with van der Waals surface area (Å²) in [7, 11) is 1.81. The van der Waals surface area contributed by atoms with Crippen molar-refractivity contribution in [2.75, 3.05) is 30.4 Å². The van der Waals surface area contributed by atoms with Gasteiger partial charge in [-0.25, -0.2) is 9.99 Å². The van der Waals surface area contributed by atoms with Crippen LogP contribution in [0.2, 0.25) is 0 Å². The molecule has 1 fully saturated rings. The number of rotatable bonds is 4. The molecule has 3 heterocycles. The number of nitrogens with one attached hydrogen (secondary N) is 1. The molecule has 1 aromatic heterocycles. The minimum atomic E-state index is 0.00770. The second-order valence-electron chi connectivity index (χ2n) is 6.89. The molecule has 7 nitrogen and oxygen atoms in total. The van der Waals surface area contributed by atoms with Gasteiger partial charge in [0.15, 0.2) is 0 Å². The van der Waals surface area contributed by atoms with Crippen molar-refractivity contribution in [1.29, 1.82) is 0 Å². The standard InChI is InChI=1S/C20H24N6O/c1-21-20-22-11-8-18(24-20)25-13-9-16(10-14-25)19(27)26-17(7-12-23-26)15-5-3-2-4-6-15/h2-6,8,11-12,16-17H,7,9-10,13-14H2,1H3,(H,21,22,24)/t17-/m0/s1. The van der Waals surface area contributed by atoms with E-state index < -0.39 is 0 Å². The summed E-state index contributed by atoms with van der Waals surface area (Å²) in [6, 6.07) is 12.1. The summed E-state index contributed by atoms with van der Waals surface area (Å²) in [5.41, 5.74) is 1.14. The molecule has 1 atom stereocenters. The van der Waals surface area contributed by atoms with E-state index in [1.54, 1.807) is 11.2 Å². The van der Waals surface area contributed by atoms with Crippen LogP contribution in [0.25, 0.3) is 0 Å². The van der Waals surface area contributed by atoms with E-state index in [4.69, 9.17) is 0 Å². The number of hydrogen-bond donors (Lipinski definition) is 1. The van der Waals surface area contributed by atoms with Crippen molar-refractivity contribution in [3.63, 3.8) is 0 Å². The van der Waals surface area contributed by atoms with Crippen LogP contribution in [0, 0.1) is 5.92 Å². The van der Waals surface area contributed by atoms with Gasteiger partial charge in [-0.3, -0.25) is 4.79 Å². The molecule has 7 heteroatoms. The van der Waals surface area contributed by atoms with Gasteiger partial charge in [0.2, 0.25) is 11.9 Å². The fraction of sp³-hybridized carbons (Fsp3) is 0.400. The van der Waals surface area contributed by atoms with E-state index >= 15 is 0 Å². The first-order chi connectivity index (χ1) is 13.3. The van der Waals surface area contributed by atoms with Crippen molar-refractivity contribution in [3.8, 4) is 0 Å². The lowest BCUT2D eigenvalue weighted by molar-refractivity contribution is -0.138. The van der Waals surface area contributed by atoms with Gasteiger partial charge in [-0.05, 0) is 24.5 Å². The summed E-state index contributed by atoms with van der Waals surface area (Å²) in [5.74, 6) is 1.66. The lowest BCUT2D eigenvalue weighted by atomic mass is 9.94. The van der Waals surface area contributed by atoms with Crippen molar-refractivity contribution in [2.45, 2.75) is 25.3 Å². The Hall–Kier alpha value is -2.96. The fourth-order valence-corrected chi connectivity index (χ4v) is 3.77. The van der Waals surface area contributed by atoms with Gasteiger partial charge in [-0.15, -0.1) is 0 Å². The Morgan fingerprint density at radius 3 is 2.67 bits per heavy atom. The van der Waals surface area contributed by atoms with Crippen LogP contribution in [-0.4, -0.2) is 47.2 Å². The minimum Gasteiger partial charge on any atom is -0.357 e. The van der Waals surface area contributed by atoms with Gasteiger partial charge in [0, 0.05) is 44.9 Å². The highest BCUT2D eigenvalue weighted by Gasteiger charge is 2.34. The van der Waals surface area contributed by atoms with Crippen LogP contribution in [0.3, 0.4) is 0 Å². The Morgan fingerprint density at radius 2 is 1.93 bits per heavy atom. The minimum absolute atomic E-state index is 0.00770. The van der Waals surface area contributed by atoms with Gasteiger partial charge >= 0.3 is 0 Å². The molecule has 0 aliphatic carbocycles. The van der Waals surface area contributed by atoms with E-state index in [9.17, 15) is 4.79 Å². The molecule has 1 saturated heterocycles.